The molecule has 0 atom stereocenters. The smallest absolute Gasteiger partial charge is 0.306 e. The first-order valence-corrected chi connectivity index (χ1v) is 8.43. The highest BCUT2D eigenvalue weighted by molar-refractivity contribution is 5.78. The van der Waals surface area contributed by atoms with Crippen LogP contribution < -0.4 is 4.74 Å². The molecule has 5 heteroatoms. The summed E-state index contributed by atoms with van der Waals surface area (Å²) in [5.74, 6) is -0.450. The van der Waals surface area contributed by atoms with Gasteiger partial charge in [0.25, 0.3) is 5.91 Å². The molecule has 24 heavy (non-hydrogen) atoms. The van der Waals surface area contributed by atoms with Gasteiger partial charge in [0.1, 0.15) is 5.75 Å². The summed E-state index contributed by atoms with van der Waals surface area (Å²) in [6, 6.07) is 5.99. The Morgan fingerprint density at radius 1 is 1.25 bits per heavy atom. The Morgan fingerprint density at radius 2 is 1.88 bits per heavy atom. The molecule has 0 bridgehead atoms. The summed E-state index contributed by atoms with van der Waals surface area (Å²) >= 11 is 0. The molecule has 0 unspecified atom stereocenters. The average molecular weight is 333 g/mol. The number of rotatable bonds is 4. The van der Waals surface area contributed by atoms with E-state index >= 15 is 0 Å². The van der Waals surface area contributed by atoms with E-state index < -0.39 is 5.97 Å². The maximum Gasteiger partial charge on any atom is 0.306 e. The minimum absolute atomic E-state index is 0.0100. The molecular formula is C19H27NO4. The van der Waals surface area contributed by atoms with Crippen molar-refractivity contribution in [2.45, 2.75) is 46.0 Å². The second kappa shape index (κ2) is 7.24. The Labute approximate surface area is 143 Å². The molecule has 0 radical (unpaired) electrons. The maximum atomic E-state index is 12.3. The van der Waals surface area contributed by atoms with E-state index in [1.54, 1.807) is 4.90 Å². The Balaban J connectivity index is 1.97. The highest BCUT2D eigenvalue weighted by Gasteiger charge is 2.27. The second-order valence-electron chi connectivity index (χ2n) is 7.53. The van der Waals surface area contributed by atoms with Crippen molar-refractivity contribution < 1.29 is 19.4 Å². The van der Waals surface area contributed by atoms with Crippen molar-refractivity contribution in [2.24, 2.45) is 5.92 Å². The predicted octanol–water partition coefficient (Wildman–Crippen LogP) is 2.99. The van der Waals surface area contributed by atoms with Crippen LogP contribution in [0.2, 0.25) is 0 Å². The van der Waals surface area contributed by atoms with Crippen molar-refractivity contribution in [1.82, 2.24) is 4.90 Å². The minimum atomic E-state index is -0.771. The second-order valence-corrected chi connectivity index (χ2v) is 7.53. The van der Waals surface area contributed by atoms with E-state index in [-0.39, 0.29) is 23.8 Å². The van der Waals surface area contributed by atoms with Crippen LogP contribution in [0.1, 0.15) is 44.7 Å². The van der Waals surface area contributed by atoms with Crippen molar-refractivity contribution in [3.05, 3.63) is 29.3 Å². The Morgan fingerprint density at radius 3 is 2.42 bits per heavy atom. The number of aryl methyl sites for hydroxylation is 1. The highest BCUT2D eigenvalue weighted by Crippen LogP contribution is 2.32. The number of hydrogen-bond donors (Lipinski definition) is 1. The van der Waals surface area contributed by atoms with E-state index in [1.807, 2.05) is 19.1 Å². The fourth-order valence-electron chi connectivity index (χ4n) is 2.96. The van der Waals surface area contributed by atoms with Crippen LogP contribution in [0.3, 0.4) is 0 Å². The van der Waals surface area contributed by atoms with E-state index in [1.165, 1.54) is 0 Å². The van der Waals surface area contributed by atoms with Crippen molar-refractivity contribution in [3.63, 3.8) is 0 Å². The van der Waals surface area contributed by atoms with Crippen LogP contribution in [0.5, 0.6) is 5.75 Å². The van der Waals surface area contributed by atoms with E-state index in [4.69, 9.17) is 9.84 Å². The van der Waals surface area contributed by atoms with Crippen LogP contribution in [0.15, 0.2) is 18.2 Å². The molecule has 1 heterocycles. The molecule has 0 saturated carbocycles. The molecule has 1 aromatic rings. The molecule has 0 aliphatic carbocycles. The van der Waals surface area contributed by atoms with Gasteiger partial charge in [0.05, 0.1) is 5.92 Å². The number of aliphatic carboxylic acids is 1. The first kappa shape index (κ1) is 18.3. The molecule has 1 N–H and O–H groups in total. The molecule has 132 valence electrons. The van der Waals surface area contributed by atoms with Crippen LogP contribution in [-0.4, -0.2) is 41.6 Å². The van der Waals surface area contributed by atoms with Gasteiger partial charge in [-0.05, 0) is 36.8 Å². The lowest BCUT2D eigenvalue weighted by Gasteiger charge is -2.30. The summed E-state index contributed by atoms with van der Waals surface area (Å²) in [5, 5.41) is 9.02. The topological polar surface area (TPSA) is 66.8 Å². The molecule has 0 spiro atoms. The summed E-state index contributed by atoms with van der Waals surface area (Å²) < 4.78 is 5.80. The quantitative estimate of drug-likeness (QED) is 0.920. The van der Waals surface area contributed by atoms with Gasteiger partial charge >= 0.3 is 5.97 Å². The minimum Gasteiger partial charge on any atom is -0.483 e. The zero-order chi connectivity index (χ0) is 17.9. The van der Waals surface area contributed by atoms with Gasteiger partial charge in [0, 0.05) is 13.1 Å². The van der Waals surface area contributed by atoms with E-state index in [0.717, 1.165) is 16.9 Å². The number of carbonyl (C=O) groups excluding carboxylic acids is 1. The van der Waals surface area contributed by atoms with Crippen molar-refractivity contribution in [1.29, 1.82) is 0 Å². The fourth-order valence-corrected chi connectivity index (χ4v) is 2.96. The largest absolute Gasteiger partial charge is 0.483 e. The molecule has 5 nitrogen and oxygen atoms in total. The van der Waals surface area contributed by atoms with E-state index in [2.05, 4.69) is 26.8 Å². The van der Waals surface area contributed by atoms with Crippen LogP contribution in [-0.2, 0) is 15.0 Å². The molecule has 1 saturated heterocycles. The number of hydrogen-bond acceptors (Lipinski definition) is 3. The first-order chi connectivity index (χ1) is 11.2. The van der Waals surface area contributed by atoms with Gasteiger partial charge in [0.15, 0.2) is 6.61 Å². The van der Waals surface area contributed by atoms with E-state index in [9.17, 15) is 9.59 Å². The molecule has 1 aliphatic rings. The lowest BCUT2D eigenvalue weighted by molar-refractivity contribution is -0.146. The number of ether oxygens (including phenoxy) is 1. The van der Waals surface area contributed by atoms with Crippen molar-refractivity contribution in [3.8, 4) is 5.75 Å². The van der Waals surface area contributed by atoms with Crippen LogP contribution in [0.25, 0.3) is 0 Å². The number of likely N-dealkylation sites (tertiary alicyclic amines) is 1. The van der Waals surface area contributed by atoms with Gasteiger partial charge in [-0.3, -0.25) is 9.59 Å². The lowest BCUT2D eigenvalue weighted by Crippen LogP contribution is -2.42. The van der Waals surface area contributed by atoms with Gasteiger partial charge in [-0.25, -0.2) is 0 Å². The van der Waals surface area contributed by atoms with Crippen LogP contribution in [0, 0.1) is 12.8 Å². The maximum absolute atomic E-state index is 12.3. The molecule has 1 aliphatic heterocycles. The number of carboxylic acids is 1. The van der Waals surface area contributed by atoms with Gasteiger partial charge in [-0.15, -0.1) is 0 Å². The number of carbonyl (C=O) groups is 2. The van der Waals surface area contributed by atoms with Gasteiger partial charge in [-0.2, -0.15) is 0 Å². The summed E-state index contributed by atoms with van der Waals surface area (Å²) in [6.45, 7) is 9.35. The lowest BCUT2D eigenvalue weighted by atomic mass is 9.85. The van der Waals surface area contributed by atoms with Crippen LogP contribution in [0.4, 0.5) is 0 Å². The third-order valence-electron chi connectivity index (χ3n) is 4.49. The third kappa shape index (κ3) is 4.49. The molecule has 2 rings (SSSR count). The zero-order valence-corrected chi connectivity index (χ0v) is 15.0. The van der Waals surface area contributed by atoms with Gasteiger partial charge in [0.2, 0.25) is 0 Å². The van der Waals surface area contributed by atoms with Gasteiger partial charge in [-0.1, -0.05) is 38.5 Å². The third-order valence-corrected chi connectivity index (χ3v) is 4.49. The Kier molecular flexibility index (Phi) is 5.52. The van der Waals surface area contributed by atoms with Gasteiger partial charge < -0.3 is 14.7 Å². The standard InChI is InChI=1S/C19H27NO4/c1-13-5-6-16(15(11-13)19(2,3)4)24-12-17(21)20-9-7-14(8-10-20)18(22)23/h5-6,11,14H,7-10,12H2,1-4H3,(H,22,23). The zero-order valence-electron chi connectivity index (χ0n) is 15.0. The number of piperidine rings is 1. The summed E-state index contributed by atoms with van der Waals surface area (Å²) in [7, 11) is 0. The van der Waals surface area contributed by atoms with E-state index in [0.29, 0.717) is 25.9 Å². The van der Waals surface area contributed by atoms with Crippen LogP contribution >= 0.6 is 0 Å². The number of amides is 1. The SMILES string of the molecule is Cc1ccc(OCC(=O)N2CCC(C(=O)O)CC2)c(C(C)(C)C)c1. The molecule has 1 aromatic carbocycles. The molecule has 0 aromatic heterocycles. The van der Waals surface area contributed by atoms with Crippen molar-refractivity contribution >= 4 is 11.9 Å². The number of benzene rings is 1. The number of carboxylic acid groups (broad SMARTS) is 1. The Hall–Kier alpha value is -2.04. The molecule has 1 amide bonds. The van der Waals surface area contributed by atoms with Crippen molar-refractivity contribution in [2.75, 3.05) is 19.7 Å². The monoisotopic (exact) mass is 333 g/mol. The Bertz CT molecular complexity index is 610. The average Bonchev–Trinajstić information content (AvgIpc) is 2.52. The predicted molar refractivity (Wildman–Crippen MR) is 92.3 cm³/mol. The highest BCUT2D eigenvalue weighted by atomic mass is 16.5. The molecular weight excluding hydrogens is 306 g/mol. The number of nitrogens with zero attached hydrogens (tertiary/aromatic N) is 1. The summed E-state index contributed by atoms with van der Waals surface area (Å²) in [5.41, 5.74) is 2.18. The molecule has 1 fully saturated rings. The summed E-state index contributed by atoms with van der Waals surface area (Å²) in [6.07, 6.45) is 1.03. The first-order valence-electron chi connectivity index (χ1n) is 8.43. The fraction of sp³-hybridized carbons (Fsp3) is 0.579. The normalized spacial score (nSPS) is 16.1. The summed E-state index contributed by atoms with van der Waals surface area (Å²) in [4.78, 5) is 25.0.